The van der Waals surface area contributed by atoms with Crippen molar-refractivity contribution < 1.29 is 14.4 Å². The zero-order valence-electron chi connectivity index (χ0n) is 12.9. The number of rotatable bonds is 7. The molecule has 0 radical (unpaired) electrons. The van der Waals surface area contributed by atoms with E-state index < -0.39 is 0 Å². The van der Waals surface area contributed by atoms with Gasteiger partial charge in [0, 0.05) is 24.6 Å². The molecule has 0 aliphatic rings. The van der Waals surface area contributed by atoms with E-state index in [9.17, 15) is 4.79 Å². The number of aliphatic hydroxyl groups is 1. The number of nitrogens with one attached hydrogen (secondary N) is 1. The quantitative estimate of drug-likeness (QED) is 0.805. The number of amides is 1. The summed E-state index contributed by atoms with van der Waals surface area (Å²) in [5, 5.41) is 15.7. The molecule has 1 amide bonds. The highest BCUT2D eigenvalue weighted by molar-refractivity contribution is 5.92. The molecule has 0 aliphatic heterocycles. The Balaban J connectivity index is 2.56. The van der Waals surface area contributed by atoms with Crippen molar-refractivity contribution in [3.8, 4) is 0 Å². The van der Waals surface area contributed by atoms with Crippen LogP contribution in [0.5, 0.6) is 0 Å². The van der Waals surface area contributed by atoms with Gasteiger partial charge < -0.3 is 14.9 Å². The van der Waals surface area contributed by atoms with Crippen molar-refractivity contribution in [3.05, 3.63) is 17.5 Å². The van der Waals surface area contributed by atoms with Crippen LogP contribution >= 0.6 is 0 Å². The molecule has 5 heteroatoms. The minimum atomic E-state index is -0.219. The molecule has 20 heavy (non-hydrogen) atoms. The monoisotopic (exact) mass is 282 g/mol. The van der Waals surface area contributed by atoms with Crippen molar-refractivity contribution in [2.24, 2.45) is 5.92 Å². The highest BCUT2D eigenvalue weighted by Gasteiger charge is 2.22. The van der Waals surface area contributed by atoms with E-state index in [0.29, 0.717) is 30.3 Å². The van der Waals surface area contributed by atoms with Crippen molar-refractivity contribution in [1.82, 2.24) is 10.5 Å². The summed E-state index contributed by atoms with van der Waals surface area (Å²) in [7, 11) is 0. The topological polar surface area (TPSA) is 75.4 Å². The van der Waals surface area contributed by atoms with Gasteiger partial charge in [-0.3, -0.25) is 4.79 Å². The van der Waals surface area contributed by atoms with Gasteiger partial charge >= 0.3 is 0 Å². The van der Waals surface area contributed by atoms with E-state index in [1.54, 1.807) is 6.07 Å². The standard InChI is InChI=1S/C15H26N2O3/c1-5-6-11(7-8-18)10-16-14(19)12-9-13(20-17-12)15(2,3)4/h9,11,18H,5-8,10H2,1-4H3,(H,16,19). The van der Waals surface area contributed by atoms with E-state index in [1.165, 1.54) is 0 Å². The first-order chi connectivity index (χ1) is 9.38. The lowest BCUT2D eigenvalue weighted by atomic mass is 9.93. The first-order valence-corrected chi connectivity index (χ1v) is 7.24. The summed E-state index contributed by atoms with van der Waals surface area (Å²) >= 11 is 0. The van der Waals surface area contributed by atoms with E-state index >= 15 is 0 Å². The zero-order chi connectivity index (χ0) is 15.2. The Bertz CT molecular complexity index is 415. The zero-order valence-corrected chi connectivity index (χ0v) is 12.9. The Hall–Kier alpha value is -1.36. The maximum absolute atomic E-state index is 12.0. The molecule has 0 fully saturated rings. The number of aromatic nitrogens is 1. The molecule has 2 N–H and O–H groups in total. The van der Waals surface area contributed by atoms with E-state index in [4.69, 9.17) is 9.63 Å². The molecule has 1 unspecified atom stereocenters. The van der Waals surface area contributed by atoms with Crippen LogP contribution in [0.4, 0.5) is 0 Å². The van der Waals surface area contributed by atoms with Gasteiger partial charge in [0.15, 0.2) is 5.69 Å². The highest BCUT2D eigenvalue weighted by Crippen LogP contribution is 2.22. The number of carbonyl (C=O) groups is 1. The van der Waals surface area contributed by atoms with Crippen molar-refractivity contribution in [3.63, 3.8) is 0 Å². The Labute approximate surface area is 120 Å². The van der Waals surface area contributed by atoms with E-state index in [0.717, 1.165) is 12.8 Å². The lowest BCUT2D eigenvalue weighted by Crippen LogP contribution is -2.30. The molecule has 1 aromatic heterocycles. The number of carbonyl (C=O) groups excluding carboxylic acids is 1. The lowest BCUT2D eigenvalue weighted by Gasteiger charge is -2.15. The lowest BCUT2D eigenvalue weighted by molar-refractivity contribution is 0.0933. The summed E-state index contributed by atoms with van der Waals surface area (Å²) in [6.07, 6.45) is 2.74. The van der Waals surface area contributed by atoms with Gasteiger partial charge in [0.2, 0.25) is 0 Å². The summed E-state index contributed by atoms with van der Waals surface area (Å²) < 4.78 is 5.20. The summed E-state index contributed by atoms with van der Waals surface area (Å²) in [5.74, 6) is 0.786. The summed E-state index contributed by atoms with van der Waals surface area (Å²) in [6.45, 7) is 8.83. The van der Waals surface area contributed by atoms with E-state index in [1.807, 2.05) is 20.8 Å². The normalized spacial score (nSPS) is 13.2. The molecule has 1 rings (SSSR count). The molecule has 0 aliphatic carbocycles. The van der Waals surface area contributed by atoms with Crippen molar-refractivity contribution in [1.29, 1.82) is 0 Å². The van der Waals surface area contributed by atoms with Crippen molar-refractivity contribution in [2.45, 2.75) is 52.4 Å². The fourth-order valence-electron chi connectivity index (χ4n) is 2.00. The molecule has 0 aromatic carbocycles. The summed E-state index contributed by atoms with van der Waals surface area (Å²) in [4.78, 5) is 12.0. The van der Waals surface area contributed by atoms with Gasteiger partial charge in [-0.2, -0.15) is 0 Å². The van der Waals surface area contributed by atoms with Crippen LogP contribution in [0, 0.1) is 5.92 Å². The fourth-order valence-corrected chi connectivity index (χ4v) is 2.00. The highest BCUT2D eigenvalue weighted by atomic mass is 16.5. The molecule has 1 atom stereocenters. The fraction of sp³-hybridized carbons (Fsp3) is 0.733. The molecular formula is C15H26N2O3. The number of hydrogen-bond acceptors (Lipinski definition) is 4. The predicted molar refractivity (Wildman–Crippen MR) is 77.6 cm³/mol. The largest absolute Gasteiger partial charge is 0.396 e. The van der Waals surface area contributed by atoms with Gasteiger partial charge in [0.05, 0.1) is 0 Å². The Morgan fingerprint density at radius 3 is 2.65 bits per heavy atom. The molecule has 0 saturated heterocycles. The Morgan fingerprint density at radius 1 is 1.45 bits per heavy atom. The molecule has 114 valence electrons. The molecule has 0 saturated carbocycles. The van der Waals surface area contributed by atoms with Crippen molar-refractivity contribution >= 4 is 5.91 Å². The summed E-state index contributed by atoms with van der Waals surface area (Å²) in [6, 6.07) is 1.69. The van der Waals surface area contributed by atoms with Crippen LogP contribution in [0.2, 0.25) is 0 Å². The smallest absolute Gasteiger partial charge is 0.273 e. The summed E-state index contributed by atoms with van der Waals surface area (Å²) in [5.41, 5.74) is 0.154. The van der Waals surface area contributed by atoms with Crippen molar-refractivity contribution in [2.75, 3.05) is 13.2 Å². The van der Waals surface area contributed by atoms with E-state index in [-0.39, 0.29) is 17.9 Å². The molecule has 1 heterocycles. The van der Waals surface area contributed by atoms with Crippen LogP contribution in [0.15, 0.2) is 10.6 Å². The van der Waals surface area contributed by atoms with Gasteiger partial charge in [-0.1, -0.05) is 39.3 Å². The molecule has 1 aromatic rings. The third kappa shape index (κ3) is 4.96. The molecule has 0 bridgehead atoms. The second-order valence-corrected chi connectivity index (χ2v) is 6.20. The van der Waals surface area contributed by atoms with Crippen LogP contribution < -0.4 is 5.32 Å². The van der Waals surface area contributed by atoms with Crippen LogP contribution in [0.1, 0.15) is 63.2 Å². The number of aliphatic hydroxyl groups excluding tert-OH is 1. The molecule has 5 nitrogen and oxygen atoms in total. The average Bonchev–Trinajstić information content (AvgIpc) is 2.85. The van der Waals surface area contributed by atoms with Crippen LogP contribution in [-0.2, 0) is 5.41 Å². The van der Waals surface area contributed by atoms with Gasteiger partial charge in [-0.05, 0) is 18.8 Å². The van der Waals surface area contributed by atoms with Crippen LogP contribution in [0.25, 0.3) is 0 Å². The first kappa shape index (κ1) is 16.7. The SMILES string of the molecule is CCCC(CCO)CNC(=O)c1cc(C(C)(C)C)on1. The second-order valence-electron chi connectivity index (χ2n) is 6.20. The Kier molecular flexibility index (Phi) is 6.20. The maximum atomic E-state index is 12.0. The van der Waals surface area contributed by atoms with E-state index in [2.05, 4.69) is 17.4 Å². The number of nitrogens with zero attached hydrogens (tertiary/aromatic N) is 1. The Morgan fingerprint density at radius 2 is 2.15 bits per heavy atom. The number of hydrogen-bond donors (Lipinski definition) is 2. The molecule has 0 spiro atoms. The predicted octanol–water partition coefficient (Wildman–Crippen LogP) is 2.50. The van der Waals surface area contributed by atoms with Crippen LogP contribution in [-0.4, -0.2) is 29.3 Å². The third-order valence-corrected chi connectivity index (χ3v) is 3.27. The van der Waals surface area contributed by atoms with Gasteiger partial charge in [0.25, 0.3) is 5.91 Å². The maximum Gasteiger partial charge on any atom is 0.273 e. The first-order valence-electron chi connectivity index (χ1n) is 7.24. The third-order valence-electron chi connectivity index (χ3n) is 3.27. The minimum Gasteiger partial charge on any atom is -0.396 e. The minimum absolute atomic E-state index is 0.151. The average molecular weight is 282 g/mol. The van der Waals surface area contributed by atoms with Gasteiger partial charge in [-0.25, -0.2) is 0 Å². The molecular weight excluding hydrogens is 256 g/mol. The van der Waals surface area contributed by atoms with Gasteiger partial charge in [0.1, 0.15) is 5.76 Å². The van der Waals surface area contributed by atoms with Gasteiger partial charge in [-0.15, -0.1) is 0 Å². The second kappa shape index (κ2) is 7.43. The van der Waals surface area contributed by atoms with Crippen LogP contribution in [0.3, 0.4) is 0 Å².